The molecule has 73 heavy (non-hydrogen) atoms. The van der Waals surface area contributed by atoms with Crippen LogP contribution in [0.1, 0.15) is 290 Å². The Morgan fingerprint density at radius 3 is 0.904 bits per heavy atom. The second-order valence-electron chi connectivity index (χ2n) is 20.2. The largest absolute Gasteiger partial charge is 0.462 e. The van der Waals surface area contributed by atoms with Gasteiger partial charge in [0.25, 0.3) is 0 Å². The Bertz CT molecular complexity index is 1440. The predicted octanol–water partition coefficient (Wildman–Crippen LogP) is 20.9. The fourth-order valence-corrected chi connectivity index (χ4v) is 8.49. The summed E-state index contributed by atoms with van der Waals surface area (Å²) in [5, 5.41) is 0. The third-order valence-corrected chi connectivity index (χ3v) is 13.1. The van der Waals surface area contributed by atoms with Crippen LogP contribution in [-0.4, -0.2) is 37.2 Å². The third kappa shape index (κ3) is 59.1. The SMILES string of the molecule is CC/C=C\C/C=C\C/C=C\C/C=C\C/C=C\CCCCCC(=O)OC[C@H](COC(=O)CCC/C=C\C/C=C\C/C=C\CCCCCCCC)OC(=O)CCCCCCCCCCCCCCCCCCCCC. The molecule has 0 heterocycles. The summed E-state index contributed by atoms with van der Waals surface area (Å²) in [5.74, 6) is -0.982. The Balaban J connectivity index is 4.49. The number of carbonyl (C=O) groups is 3. The second-order valence-corrected chi connectivity index (χ2v) is 20.2. The van der Waals surface area contributed by atoms with Crippen LogP contribution in [0.15, 0.2) is 97.2 Å². The molecule has 0 aliphatic heterocycles. The smallest absolute Gasteiger partial charge is 0.306 e. The highest BCUT2D eigenvalue weighted by molar-refractivity contribution is 5.71. The number of rotatable bonds is 55. The summed E-state index contributed by atoms with van der Waals surface area (Å²) in [6, 6.07) is 0. The highest BCUT2D eigenvalue weighted by Gasteiger charge is 2.19. The van der Waals surface area contributed by atoms with Crippen molar-refractivity contribution in [3.05, 3.63) is 97.2 Å². The molecule has 0 fully saturated rings. The molecule has 0 aromatic carbocycles. The lowest BCUT2D eigenvalue weighted by atomic mass is 10.0. The quantitative estimate of drug-likeness (QED) is 0.0261. The van der Waals surface area contributed by atoms with Crippen LogP contribution in [0.25, 0.3) is 0 Å². The Morgan fingerprint density at radius 2 is 0.548 bits per heavy atom. The molecule has 0 unspecified atom stereocenters. The molecular formula is C67H114O6. The Morgan fingerprint density at radius 1 is 0.288 bits per heavy atom. The van der Waals surface area contributed by atoms with E-state index in [1.165, 1.54) is 148 Å². The molecule has 0 aromatic rings. The van der Waals surface area contributed by atoms with Gasteiger partial charge in [0, 0.05) is 19.3 Å². The molecule has 6 nitrogen and oxygen atoms in total. The van der Waals surface area contributed by atoms with Gasteiger partial charge in [0.05, 0.1) is 0 Å². The van der Waals surface area contributed by atoms with Crippen LogP contribution in [0.4, 0.5) is 0 Å². The second kappa shape index (κ2) is 60.9. The molecule has 0 spiro atoms. The summed E-state index contributed by atoms with van der Waals surface area (Å²) >= 11 is 0. The maximum absolute atomic E-state index is 12.9. The van der Waals surface area contributed by atoms with E-state index < -0.39 is 6.10 Å². The van der Waals surface area contributed by atoms with Gasteiger partial charge < -0.3 is 14.2 Å². The van der Waals surface area contributed by atoms with Crippen molar-refractivity contribution < 1.29 is 28.6 Å². The van der Waals surface area contributed by atoms with E-state index in [1.807, 2.05) is 0 Å². The molecular weight excluding hydrogens is 901 g/mol. The maximum Gasteiger partial charge on any atom is 0.306 e. The summed E-state index contributed by atoms with van der Waals surface area (Å²) in [6.45, 7) is 6.47. The van der Waals surface area contributed by atoms with Crippen LogP contribution >= 0.6 is 0 Å². The summed E-state index contributed by atoms with van der Waals surface area (Å²) in [7, 11) is 0. The average Bonchev–Trinajstić information content (AvgIpc) is 3.39. The van der Waals surface area contributed by atoms with E-state index in [1.54, 1.807) is 0 Å². The first-order valence-electron chi connectivity index (χ1n) is 30.7. The van der Waals surface area contributed by atoms with E-state index in [0.717, 1.165) is 96.3 Å². The normalized spacial score (nSPS) is 12.8. The van der Waals surface area contributed by atoms with Crippen LogP contribution in [0.2, 0.25) is 0 Å². The van der Waals surface area contributed by atoms with Gasteiger partial charge >= 0.3 is 17.9 Å². The lowest BCUT2D eigenvalue weighted by molar-refractivity contribution is -0.167. The minimum absolute atomic E-state index is 0.109. The van der Waals surface area contributed by atoms with Gasteiger partial charge in [0.1, 0.15) is 13.2 Å². The number of hydrogen-bond acceptors (Lipinski definition) is 6. The Kier molecular flexibility index (Phi) is 57.8. The molecule has 0 amide bonds. The zero-order valence-corrected chi connectivity index (χ0v) is 47.9. The van der Waals surface area contributed by atoms with Crippen LogP contribution in [0.5, 0.6) is 0 Å². The van der Waals surface area contributed by atoms with Gasteiger partial charge in [-0.2, -0.15) is 0 Å². The molecule has 0 saturated carbocycles. The highest BCUT2D eigenvalue weighted by Crippen LogP contribution is 2.16. The van der Waals surface area contributed by atoms with Gasteiger partial charge in [0.15, 0.2) is 6.10 Å². The van der Waals surface area contributed by atoms with Gasteiger partial charge in [-0.25, -0.2) is 0 Å². The van der Waals surface area contributed by atoms with Gasteiger partial charge in [0.2, 0.25) is 0 Å². The van der Waals surface area contributed by atoms with Crippen molar-refractivity contribution in [2.75, 3.05) is 13.2 Å². The van der Waals surface area contributed by atoms with E-state index in [9.17, 15) is 14.4 Å². The molecule has 0 radical (unpaired) electrons. The summed E-state index contributed by atoms with van der Waals surface area (Å²) < 4.78 is 16.8. The van der Waals surface area contributed by atoms with E-state index in [-0.39, 0.29) is 37.5 Å². The minimum atomic E-state index is -0.812. The molecule has 0 bridgehead atoms. The molecule has 0 aliphatic rings. The number of unbranched alkanes of at least 4 members (excludes halogenated alkanes) is 28. The minimum Gasteiger partial charge on any atom is -0.462 e. The first-order valence-corrected chi connectivity index (χ1v) is 30.7. The molecule has 0 aliphatic carbocycles. The van der Waals surface area contributed by atoms with Crippen LogP contribution in [0.3, 0.4) is 0 Å². The van der Waals surface area contributed by atoms with Crippen LogP contribution < -0.4 is 0 Å². The molecule has 1 atom stereocenters. The van der Waals surface area contributed by atoms with E-state index in [2.05, 4.69) is 118 Å². The number of hydrogen-bond donors (Lipinski definition) is 0. The van der Waals surface area contributed by atoms with Gasteiger partial charge in [-0.05, 0) is 96.3 Å². The fourth-order valence-electron chi connectivity index (χ4n) is 8.49. The third-order valence-electron chi connectivity index (χ3n) is 13.1. The summed E-state index contributed by atoms with van der Waals surface area (Å²) in [4.78, 5) is 38.2. The summed E-state index contributed by atoms with van der Waals surface area (Å²) in [6.07, 6.45) is 81.3. The van der Waals surface area contributed by atoms with Crippen molar-refractivity contribution in [2.24, 2.45) is 0 Å². The van der Waals surface area contributed by atoms with Crippen molar-refractivity contribution in [1.82, 2.24) is 0 Å². The van der Waals surface area contributed by atoms with E-state index in [0.29, 0.717) is 19.3 Å². The van der Waals surface area contributed by atoms with Crippen molar-refractivity contribution in [2.45, 2.75) is 297 Å². The predicted molar refractivity (Wildman–Crippen MR) is 316 cm³/mol. The Hall–Kier alpha value is -3.67. The molecule has 0 rings (SSSR count). The molecule has 6 heteroatoms. The molecule has 0 aromatic heterocycles. The van der Waals surface area contributed by atoms with E-state index >= 15 is 0 Å². The number of carbonyl (C=O) groups excluding carboxylic acids is 3. The van der Waals surface area contributed by atoms with Crippen molar-refractivity contribution >= 4 is 17.9 Å². The lowest BCUT2D eigenvalue weighted by Gasteiger charge is -2.18. The van der Waals surface area contributed by atoms with Crippen LogP contribution in [-0.2, 0) is 28.6 Å². The number of ether oxygens (including phenoxy) is 3. The van der Waals surface area contributed by atoms with Gasteiger partial charge in [-0.1, -0.05) is 272 Å². The van der Waals surface area contributed by atoms with Gasteiger partial charge in [-0.3, -0.25) is 14.4 Å². The monoisotopic (exact) mass is 1010 g/mol. The average molecular weight is 1020 g/mol. The van der Waals surface area contributed by atoms with Crippen molar-refractivity contribution in [3.8, 4) is 0 Å². The highest BCUT2D eigenvalue weighted by atomic mass is 16.6. The molecule has 0 N–H and O–H groups in total. The number of allylic oxidation sites excluding steroid dienone is 16. The standard InChI is InChI=1S/C67H114O6/c1-4-7-10-13-16-19-22-25-28-31-33-36-39-42-45-48-51-54-57-60-66(69)72-63-64(62-71-65(68)59-56-53-50-47-44-41-38-35-30-27-24-21-18-15-12-9-6-3)73-67(70)61-58-55-52-49-46-43-40-37-34-32-29-26-23-20-17-14-11-8-5-2/h7,10,16,19,25,27-28,30,33,36,38,41-42,45,47,50,64H,4-6,8-9,11-15,17-18,20-24,26,29,31-32,34-35,37,39-40,43-44,46,48-49,51-63H2,1-3H3/b10-7-,19-16-,28-25-,30-27-,36-33-,41-38-,45-42-,50-47-/t64-/m0/s1. The first kappa shape index (κ1) is 69.3. The van der Waals surface area contributed by atoms with E-state index in [4.69, 9.17) is 14.2 Å². The fraction of sp³-hybridized carbons (Fsp3) is 0.716. The lowest BCUT2D eigenvalue weighted by Crippen LogP contribution is -2.30. The maximum atomic E-state index is 12.9. The molecule has 0 saturated heterocycles. The Labute approximate surface area is 451 Å². The summed E-state index contributed by atoms with van der Waals surface area (Å²) in [5.41, 5.74) is 0. The van der Waals surface area contributed by atoms with Crippen molar-refractivity contribution in [3.63, 3.8) is 0 Å². The first-order chi connectivity index (χ1) is 36.0. The molecule has 418 valence electrons. The topological polar surface area (TPSA) is 78.9 Å². The van der Waals surface area contributed by atoms with Crippen molar-refractivity contribution in [1.29, 1.82) is 0 Å². The zero-order chi connectivity index (χ0) is 52.9. The zero-order valence-electron chi connectivity index (χ0n) is 47.9. The number of esters is 3. The van der Waals surface area contributed by atoms with Gasteiger partial charge in [-0.15, -0.1) is 0 Å². The van der Waals surface area contributed by atoms with Crippen LogP contribution in [0, 0.1) is 0 Å².